The number of aryl methyl sites for hydroxylation is 1. The van der Waals surface area contributed by atoms with Crippen LogP contribution in [-0.2, 0) is 25.5 Å². The Morgan fingerprint density at radius 2 is 2.00 bits per heavy atom. The summed E-state index contributed by atoms with van der Waals surface area (Å²) in [5.41, 5.74) is 1.33. The topological polar surface area (TPSA) is 112 Å². The number of benzene rings is 1. The molecule has 3 aliphatic heterocycles. The van der Waals surface area contributed by atoms with E-state index >= 15 is 0 Å². The van der Waals surface area contributed by atoms with E-state index in [4.69, 9.17) is 24.1 Å². The van der Waals surface area contributed by atoms with E-state index in [-0.39, 0.29) is 43.0 Å². The van der Waals surface area contributed by atoms with Gasteiger partial charge in [0.15, 0.2) is 17.8 Å². The molecule has 39 heavy (non-hydrogen) atoms. The lowest BCUT2D eigenvalue weighted by Gasteiger charge is -2.38. The number of Topliss-reactive ketones (excluding diaryl/α,β-unsaturated/α-hetero) is 1. The molecule has 0 radical (unpaired) electrons. The average molecular weight is 544 g/mol. The van der Waals surface area contributed by atoms with Crippen LogP contribution in [-0.4, -0.2) is 73.0 Å². The molecule has 0 spiro atoms. The number of amides is 1. The van der Waals surface area contributed by atoms with E-state index in [2.05, 4.69) is 6.58 Å². The van der Waals surface area contributed by atoms with Crippen LogP contribution in [0.25, 0.3) is 0 Å². The van der Waals surface area contributed by atoms with Crippen LogP contribution in [0.3, 0.4) is 0 Å². The number of fused-ring (bicyclic) bond motifs is 2. The van der Waals surface area contributed by atoms with Crippen molar-refractivity contribution in [3.8, 4) is 11.5 Å². The molecule has 4 rings (SSSR count). The molecule has 214 valence electrons. The lowest BCUT2D eigenvalue weighted by atomic mass is 9.84. The standard InChI is InChI=1S/C30H41NO8/c1-3-4-10-24(32)21-14-13-20-18-26(37-17-8-11-27(33)34)25(36-2)19-22(20)30(35)31-15-7-9-23(31)29(21)39-28-12-5-6-16-38-28/h3,18-19,21,23,28-29H,1,4-17H2,2H3,(H,33,34)/t21?,23-,28?,29?/m0/s1. The molecule has 0 saturated carbocycles. The second-order valence-electron chi connectivity index (χ2n) is 10.5. The Balaban J connectivity index is 1.67. The van der Waals surface area contributed by atoms with Gasteiger partial charge in [0.25, 0.3) is 5.91 Å². The molecule has 0 bridgehead atoms. The van der Waals surface area contributed by atoms with Crippen molar-refractivity contribution in [2.75, 3.05) is 26.9 Å². The summed E-state index contributed by atoms with van der Waals surface area (Å²) in [7, 11) is 1.52. The summed E-state index contributed by atoms with van der Waals surface area (Å²) in [6.45, 7) is 5.23. The van der Waals surface area contributed by atoms with E-state index < -0.39 is 12.1 Å². The Morgan fingerprint density at radius 3 is 2.72 bits per heavy atom. The monoisotopic (exact) mass is 543 g/mol. The van der Waals surface area contributed by atoms with Crippen molar-refractivity contribution in [2.24, 2.45) is 5.92 Å². The van der Waals surface area contributed by atoms with Crippen molar-refractivity contribution in [3.05, 3.63) is 35.9 Å². The summed E-state index contributed by atoms with van der Waals surface area (Å²) in [4.78, 5) is 40.4. The molecule has 4 atom stereocenters. The van der Waals surface area contributed by atoms with Crippen LogP contribution in [0.1, 0.15) is 80.1 Å². The van der Waals surface area contributed by atoms with Crippen LogP contribution in [0.15, 0.2) is 24.8 Å². The molecule has 2 fully saturated rings. The summed E-state index contributed by atoms with van der Waals surface area (Å²) in [5, 5.41) is 8.93. The first-order valence-electron chi connectivity index (χ1n) is 14.2. The van der Waals surface area contributed by atoms with Crippen molar-refractivity contribution < 1.29 is 38.4 Å². The van der Waals surface area contributed by atoms with E-state index in [1.807, 2.05) is 11.0 Å². The van der Waals surface area contributed by atoms with Gasteiger partial charge in [0, 0.05) is 37.5 Å². The summed E-state index contributed by atoms with van der Waals surface area (Å²) in [6.07, 6.45) is 7.70. The molecule has 3 heterocycles. The number of nitrogens with zero attached hydrogens (tertiary/aromatic N) is 1. The third-order valence-electron chi connectivity index (χ3n) is 7.93. The molecule has 1 N–H and O–H groups in total. The van der Waals surface area contributed by atoms with Gasteiger partial charge in [-0.05, 0) is 75.5 Å². The van der Waals surface area contributed by atoms with E-state index in [1.54, 1.807) is 12.1 Å². The van der Waals surface area contributed by atoms with Crippen LogP contribution >= 0.6 is 0 Å². The fourth-order valence-electron chi connectivity index (χ4n) is 5.92. The second-order valence-corrected chi connectivity index (χ2v) is 10.5. The van der Waals surface area contributed by atoms with Gasteiger partial charge >= 0.3 is 5.97 Å². The molecule has 1 aromatic carbocycles. The third-order valence-corrected chi connectivity index (χ3v) is 7.93. The fraction of sp³-hybridized carbons (Fsp3) is 0.633. The molecule has 9 heteroatoms. The van der Waals surface area contributed by atoms with Gasteiger partial charge in [0.1, 0.15) is 5.78 Å². The maximum Gasteiger partial charge on any atom is 0.303 e. The zero-order valence-corrected chi connectivity index (χ0v) is 22.9. The Hall–Kier alpha value is -2.91. The van der Waals surface area contributed by atoms with E-state index in [1.165, 1.54) is 7.11 Å². The molecule has 0 aliphatic carbocycles. The minimum atomic E-state index is -0.881. The number of allylic oxidation sites excluding steroid dienone is 1. The highest BCUT2D eigenvalue weighted by atomic mass is 16.7. The molecule has 1 amide bonds. The van der Waals surface area contributed by atoms with E-state index in [0.29, 0.717) is 62.3 Å². The van der Waals surface area contributed by atoms with Gasteiger partial charge in [-0.3, -0.25) is 14.4 Å². The number of carboxylic acids is 1. The number of carbonyl (C=O) groups excluding carboxylic acids is 2. The van der Waals surface area contributed by atoms with Crippen molar-refractivity contribution in [2.45, 2.75) is 89.1 Å². The number of carbonyl (C=O) groups is 3. The fourth-order valence-corrected chi connectivity index (χ4v) is 5.92. The predicted octanol–water partition coefficient (Wildman–Crippen LogP) is 4.55. The molecule has 9 nitrogen and oxygen atoms in total. The third kappa shape index (κ3) is 7.19. The van der Waals surface area contributed by atoms with Gasteiger partial charge in [-0.2, -0.15) is 0 Å². The summed E-state index contributed by atoms with van der Waals surface area (Å²) >= 11 is 0. The first kappa shape index (κ1) is 29.1. The predicted molar refractivity (Wildman–Crippen MR) is 144 cm³/mol. The van der Waals surface area contributed by atoms with Crippen molar-refractivity contribution in [3.63, 3.8) is 0 Å². The zero-order chi connectivity index (χ0) is 27.8. The number of ether oxygens (including phenoxy) is 4. The Bertz CT molecular complexity index is 1030. The Labute approximate surface area is 230 Å². The van der Waals surface area contributed by atoms with Crippen LogP contribution in [0.2, 0.25) is 0 Å². The van der Waals surface area contributed by atoms with Gasteiger partial charge < -0.3 is 29.0 Å². The molecular weight excluding hydrogens is 502 g/mol. The van der Waals surface area contributed by atoms with E-state index in [0.717, 1.165) is 37.7 Å². The van der Waals surface area contributed by atoms with Gasteiger partial charge in [-0.25, -0.2) is 0 Å². The summed E-state index contributed by atoms with van der Waals surface area (Å²) in [5.74, 6) is -0.355. The summed E-state index contributed by atoms with van der Waals surface area (Å²) < 4.78 is 24.0. The number of hydrogen-bond donors (Lipinski definition) is 1. The number of aliphatic carboxylic acids is 1. The molecule has 1 aromatic rings. The van der Waals surface area contributed by atoms with Crippen molar-refractivity contribution >= 4 is 17.7 Å². The largest absolute Gasteiger partial charge is 0.493 e. The van der Waals surface area contributed by atoms with E-state index in [9.17, 15) is 14.4 Å². The number of carboxylic acid groups (broad SMARTS) is 1. The zero-order valence-electron chi connectivity index (χ0n) is 22.9. The quantitative estimate of drug-likeness (QED) is 0.302. The number of hydrogen-bond acceptors (Lipinski definition) is 7. The van der Waals surface area contributed by atoms with Crippen molar-refractivity contribution in [1.82, 2.24) is 4.90 Å². The molecular formula is C30H41NO8. The van der Waals surface area contributed by atoms with Gasteiger partial charge in [0.05, 0.1) is 25.9 Å². The van der Waals surface area contributed by atoms with Crippen LogP contribution in [0.5, 0.6) is 11.5 Å². The summed E-state index contributed by atoms with van der Waals surface area (Å²) in [6, 6.07) is 3.32. The highest BCUT2D eigenvalue weighted by Gasteiger charge is 2.44. The lowest BCUT2D eigenvalue weighted by molar-refractivity contribution is -0.208. The Kier molecular flexibility index (Phi) is 10.4. The van der Waals surface area contributed by atoms with Crippen LogP contribution in [0, 0.1) is 5.92 Å². The highest BCUT2D eigenvalue weighted by molar-refractivity contribution is 5.97. The SMILES string of the molecule is C=CCCC(=O)C1CCc2cc(OCCCC(=O)O)c(OC)cc2C(=O)N2CCC[C@H]2C1OC1CCCCO1. The number of methoxy groups -OCH3 is 1. The molecule has 3 unspecified atom stereocenters. The Morgan fingerprint density at radius 1 is 1.15 bits per heavy atom. The lowest BCUT2D eigenvalue weighted by Crippen LogP contribution is -2.50. The van der Waals surface area contributed by atoms with Crippen molar-refractivity contribution in [1.29, 1.82) is 0 Å². The van der Waals surface area contributed by atoms with Crippen LogP contribution < -0.4 is 9.47 Å². The maximum absolute atomic E-state index is 14.0. The van der Waals surface area contributed by atoms with Gasteiger partial charge in [-0.1, -0.05) is 6.08 Å². The first-order chi connectivity index (χ1) is 18.9. The van der Waals surface area contributed by atoms with Crippen LogP contribution in [0.4, 0.5) is 0 Å². The molecule has 2 saturated heterocycles. The highest BCUT2D eigenvalue weighted by Crippen LogP contribution is 2.38. The maximum atomic E-state index is 14.0. The minimum absolute atomic E-state index is 0.00267. The smallest absolute Gasteiger partial charge is 0.303 e. The second kappa shape index (κ2) is 13.9. The first-order valence-corrected chi connectivity index (χ1v) is 14.2. The minimum Gasteiger partial charge on any atom is -0.493 e. The van der Waals surface area contributed by atoms with Gasteiger partial charge in [-0.15, -0.1) is 6.58 Å². The number of ketones is 1. The number of rotatable bonds is 12. The normalized spacial score (nSPS) is 25.1. The van der Waals surface area contributed by atoms with Gasteiger partial charge in [0.2, 0.25) is 0 Å². The molecule has 3 aliphatic rings. The molecule has 0 aromatic heterocycles. The average Bonchev–Trinajstić information content (AvgIpc) is 3.43.